The zero-order valence-corrected chi connectivity index (χ0v) is 12.2. The molecule has 1 aliphatic carbocycles. The number of esters is 1. The van der Waals surface area contributed by atoms with Gasteiger partial charge in [0.15, 0.2) is 12.2 Å². The van der Waals surface area contributed by atoms with Crippen LogP contribution in [0.3, 0.4) is 0 Å². The van der Waals surface area contributed by atoms with Gasteiger partial charge in [0.2, 0.25) is 0 Å². The van der Waals surface area contributed by atoms with E-state index >= 15 is 0 Å². The average Bonchev–Trinajstić information content (AvgIpc) is 2.36. The molecule has 1 saturated carbocycles. The number of carbonyl (C=O) groups is 2. The number of aliphatic hydroxyl groups is 2. The second-order valence-corrected chi connectivity index (χ2v) is 6.03. The lowest BCUT2D eigenvalue weighted by molar-refractivity contribution is -0.178. The quantitative estimate of drug-likeness (QED) is 0.646. The van der Waals surface area contributed by atoms with Crippen molar-refractivity contribution in [1.82, 2.24) is 0 Å². The number of rotatable bonds is 5. The van der Waals surface area contributed by atoms with Crippen molar-refractivity contribution in [2.24, 2.45) is 17.8 Å². The fraction of sp³-hybridized carbons (Fsp3) is 0.857. The van der Waals surface area contributed by atoms with Crippen LogP contribution in [0.1, 0.15) is 40.0 Å². The van der Waals surface area contributed by atoms with Gasteiger partial charge in [0, 0.05) is 0 Å². The minimum Gasteiger partial charge on any atom is -0.479 e. The van der Waals surface area contributed by atoms with Gasteiger partial charge in [-0.15, -0.1) is 0 Å². The Balaban J connectivity index is 2.68. The van der Waals surface area contributed by atoms with Gasteiger partial charge < -0.3 is 20.1 Å². The number of carbonyl (C=O) groups excluding carboxylic acids is 1. The minimum absolute atomic E-state index is 0.198. The highest BCUT2D eigenvalue weighted by molar-refractivity contribution is 5.84. The van der Waals surface area contributed by atoms with E-state index in [-0.39, 0.29) is 12.0 Å². The topological polar surface area (TPSA) is 104 Å². The average molecular weight is 288 g/mol. The first kappa shape index (κ1) is 16.9. The van der Waals surface area contributed by atoms with Crippen molar-refractivity contribution in [2.45, 2.75) is 58.3 Å². The summed E-state index contributed by atoms with van der Waals surface area (Å²) in [4.78, 5) is 22.3. The molecule has 1 rings (SSSR count). The summed E-state index contributed by atoms with van der Waals surface area (Å²) in [6.07, 6.45) is -1.82. The van der Waals surface area contributed by atoms with Crippen LogP contribution >= 0.6 is 0 Å². The molecule has 3 N–H and O–H groups in total. The monoisotopic (exact) mass is 288 g/mol. The van der Waals surface area contributed by atoms with Crippen LogP contribution in [0.5, 0.6) is 0 Å². The van der Waals surface area contributed by atoms with E-state index in [0.717, 1.165) is 12.8 Å². The number of ether oxygens (including phenoxy) is 1. The number of carboxylic acids is 1. The minimum atomic E-state index is -2.15. The molecule has 20 heavy (non-hydrogen) atoms. The lowest BCUT2D eigenvalue weighted by atomic mass is 9.75. The highest BCUT2D eigenvalue weighted by Gasteiger charge is 2.37. The second kappa shape index (κ2) is 7.04. The fourth-order valence-corrected chi connectivity index (χ4v) is 2.73. The van der Waals surface area contributed by atoms with Crippen LogP contribution in [0.15, 0.2) is 0 Å². The van der Waals surface area contributed by atoms with Gasteiger partial charge >= 0.3 is 11.9 Å². The molecule has 6 heteroatoms. The molecule has 0 aliphatic heterocycles. The lowest BCUT2D eigenvalue weighted by Gasteiger charge is -2.37. The van der Waals surface area contributed by atoms with E-state index in [9.17, 15) is 19.8 Å². The van der Waals surface area contributed by atoms with Gasteiger partial charge in [0.05, 0.1) is 0 Å². The predicted octanol–water partition coefficient (Wildman–Crippen LogP) is 0.797. The van der Waals surface area contributed by atoms with Crippen LogP contribution in [0.4, 0.5) is 0 Å². The maximum atomic E-state index is 11.7. The Labute approximate surface area is 118 Å². The molecular formula is C14H24O6. The standard InChI is InChI=1S/C14H24O6/c1-7(2)9-5-4-8(3)6-10(9)20-14(19)12(16)11(15)13(17)18/h7-12,15-16H,4-6H2,1-3H3,(H,17,18)/t8-,9+,10-,11-,12-/m1/s1. The number of hydrogen-bond donors (Lipinski definition) is 3. The van der Waals surface area contributed by atoms with Crippen molar-refractivity contribution in [3.05, 3.63) is 0 Å². The fourth-order valence-electron chi connectivity index (χ4n) is 2.73. The maximum absolute atomic E-state index is 11.7. The van der Waals surface area contributed by atoms with Gasteiger partial charge in [-0.25, -0.2) is 9.59 Å². The summed E-state index contributed by atoms with van der Waals surface area (Å²) in [5.74, 6) is -1.76. The molecule has 5 atom stereocenters. The SMILES string of the molecule is CC(C)[C@@H]1CC[C@@H](C)C[C@H]1OC(=O)[C@H](O)[C@@H](O)C(=O)O. The van der Waals surface area contributed by atoms with Crippen LogP contribution < -0.4 is 0 Å². The zero-order chi connectivity index (χ0) is 15.4. The van der Waals surface area contributed by atoms with Crippen LogP contribution in [-0.2, 0) is 14.3 Å². The Bertz CT molecular complexity index is 354. The maximum Gasteiger partial charge on any atom is 0.338 e. The molecule has 1 fully saturated rings. The lowest BCUT2D eigenvalue weighted by Crippen LogP contribution is -2.44. The van der Waals surface area contributed by atoms with E-state index in [2.05, 4.69) is 6.92 Å². The van der Waals surface area contributed by atoms with Crippen LogP contribution in [0, 0.1) is 17.8 Å². The summed E-state index contributed by atoms with van der Waals surface area (Å²) in [5.41, 5.74) is 0. The molecule has 0 bridgehead atoms. The van der Waals surface area contributed by atoms with Crippen molar-refractivity contribution in [3.8, 4) is 0 Å². The smallest absolute Gasteiger partial charge is 0.338 e. The zero-order valence-electron chi connectivity index (χ0n) is 12.2. The second-order valence-electron chi connectivity index (χ2n) is 6.03. The summed E-state index contributed by atoms with van der Waals surface area (Å²) >= 11 is 0. The summed E-state index contributed by atoms with van der Waals surface area (Å²) in [5, 5.41) is 27.2. The molecule has 0 aromatic heterocycles. The molecule has 0 unspecified atom stereocenters. The molecule has 0 aromatic carbocycles. The summed E-state index contributed by atoms with van der Waals surface area (Å²) in [6, 6.07) is 0. The van der Waals surface area contributed by atoms with Gasteiger partial charge in [-0.05, 0) is 30.6 Å². The van der Waals surface area contributed by atoms with E-state index in [1.807, 2.05) is 13.8 Å². The van der Waals surface area contributed by atoms with Gasteiger partial charge in [-0.2, -0.15) is 0 Å². The van der Waals surface area contributed by atoms with E-state index in [1.165, 1.54) is 0 Å². The number of carboxylic acid groups (broad SMARTS) is 1. The molecule has 0 amide bonds. The highest BCUT2D eigenvalue weighted by atomic mass is 16.6. The third-order valence-corrected chi connectivity index (χ3v) is 4.02. The van der Waals surface area contributed by atoms with E-state index in [0.29, 0.717) is 18.3 Å². The number of aliphatic hydroxyl groups excluding tert-OH is 2. The molecule has 0 saturated heterocycles. The van der Waals surface area contributed by atoms with E-state index in [4.69, 9.17) is 9.84 Å². The Morgan fingerprint density at radius 1 is 1.15 bits per heavy atom. The summed E-state index contributed by atoms with van der Waals surface area (Å²) < 4.78 is 5.26. The first-order chi connectivity index (χ1) is 9.23. The van der Waals surface area contributed by atoms with E-state index < -0.39 is 24.1 Å². The number of aliphatic carboxylic acids is 1. The van der Waals surface area contributed by atoms with Crippen molar-refractivity contribution in [1.29, 1.82) is 0 Å². The van der Waals surface area contributed by atoms with Crippen LogP contribution in [0.2, 0.25) is 0 Å². The predicted molar refractivity (Wildman–Crippen MR) is 70.9 cm³/mol. The molecule has 0 radical (unpaired) electrons. The molecule has 1 aliphatic rings. The third-order valence-electron chi connectivity index (χ3n) is 4.02. The molecule has 6 nitrogen and oxygen atoms in total. The highest BCUT2D eigenvalue weighted by Crippen LogP contribution is 2.35. The Hall–Kier alpha value is -1.14. The van der Waals surface area contributed by atoms with Crippen molar-refractivity contribution in [2.75, 3.05) is 0 Å². The third kappa shape index (κ3) is 4.18. The first-order valence-electron chi connectivity index (χ1n) is 7.03. The van der Waals surface area contributed by atoms with Crippen molar-refractivity contribution in [3.63, 3.8) is 0 Å². The van der Waals surface area contributed by atoms with Gasteiger partial charge in [0.25, 0.3) is 0 Å². The van der Waals surface area contributed by atoms with Gasteiger partial charge in [-0.3, -0.25) is 0 Å². The van der Waals surface area contributed by atoms with Crippen LogP contribution in [-0.4, -0.2) is 45.6 Å². The van der Waals surface area contributed by atoms with Crippen molar-refractivity contribution < 1.29 is 29.6 Å². The Morgan fingerprint density at radius 3 is 2.25 bits per heavy atom. The van der Waals surface area contributed by atoms with Crippen LogP contribution in [0.25, 0.3) is 0 Å². The van der Waals surface area contributed by atoms with Crippen molar-refractivity contribution >= 4 is 11.9 Å². The van der Waals surface area contributed by atoms with E-state index in [1.54, 1.807) is 0 Å². The summed E-state index contributed by atoms with van der Waals surface area (Å²) in [6.45, 7) is 6.16. The first-order valence-corrected chi connectivity index (χ1v) is 7.03. The Morgan fingerprint density at radius 2 is 1.75 bits per heavy atom. The largest absolute Gasteiger partial charge is 0.479 e. The molecule has 116 valence electrons. The summed E-state index contributed by atoms with van der Waals surface area (Å²) in [7, 11) is 0. The normalized spacial score (nSPS) is 29.8. The molecule has 0 spiro atoms. The molecule has 0 heterocycles. The van der Waals surface area contributed by atoms with Gasteiger partial charge in [-0.1, -0.05) is 27.2 Å². The Kier molecular flexibility index (Phi) is 5.95. The number of hydrogen-bond acceptors (Lipinski definition) is 5. The molecular weight excluding hydrogens is 264 g/mol. The molecule has 0 aromatic rings. The van der Waals surface area contributed by atoms with Gasteiger partial charge in [0.1, 0.15) is 6.10 Å².